The van der Waals surface area contributed by atoms with E-state index in [4.69, 9.17) is 5.84 Å². The van der Waals surface area contributed by atoms with Gasteiger partial charge in [-0.1, -0.05) is 0 Å². The molecule has 4 heteroatoms. The molecule has 1 aromatic rings. The Hall–Kier alpha value is -0.870. The third-order valence-electron chi connectivity index (χ3n) is 1.09. The number of hydrogen-bond acceptors (Lipinski definition) is 3. The van der Waals surface area contributed by atoms with Gasteiger partial charge >= 0.3 is 0 Å². The number of nitrogens with two attached hydrogens (primary N) is 1. The molecule has 54 valence electrons. The van der Waals surface area contributed by atoms with Crippen LogP contribution in [-0.4, -0.2) is 18.0 Å². The van der Waals surface area contributed by atoms with Gasteiger partial charge in [-0.15, -0.1) is 0 Å². The fraction of sp³-hybridized carbons (Fsp3) is 0.167. The molecule has 0 radical (unpaired) electrons. The smallest absolute Gasteiger partial charge is 0.268 e. The minimum absolute atomic E-state index is 0.152. The van der Waals surface area contributed by atoms with E-state index in [1.165, 1.54) is 18.4 Å². The Kier molecular flexibility index (Phi) is 2.03. The second kappa shape index (κ2) is 2.81. The summed E-state index contributed by atoms with van der Waals surface area (Å²) in [6.07, 6.45) is 0. The quantitative estimate of drug-likeness (QED) is 0.369. The molecule has 3 nitrogen and oxygen atoms in total. The average molecular weight is 156 g/mol. The summed E-state index contributed by atoms with van der Waals surface area (Å²) in [4.78, 5) is 11.0. The van der Waals surface area contributed by atoms with Gasteiger partial charge in [-0.3, -0.25) is 9.80 Å². The fourth-order valence-corrected chi connectivity index (χ4v) is 1.22. The molecular weight excluding hydrogens is 148 g/mol. The van der Waals surface area contributed by atoms with Crippen molar-refractivity contribution in [2.24, 2.45) is 5.84 Å². The Morgan fingerprint density at radius 2 is 2.50 bits per heavy atom. The zero-order valence-corrected chi connectivity index (χ0v) is 6.39. The van der Waals surface area contributed by atoms with E-state index >= 15 is 0 Å². The van der Waals surface area contributed by atoms with E-state index in [1.807, 2.05) is 5.38 Å². The normalized spacial score (nSPS) is 9.40. The Labute approximate surface area is 63.0 Å². The van der Waals surface area contributed by atoms with Crippen LogP contribution in [0.1, 0.15) is 10.4 Å². The lowest BCUT2D eigenvalue weighted by atomic mass is 10.3. The van der Waals surface area contributed by atoms with Crippen molar-refractivity contribution >= 4 is 17.2 Å². The first kappa shape index (κ1) is 7.24. The molecule has 0 aliphatic rings. The van der Waals surface area contributed by atoms with Crippen molar-refractivity contribution in [3.63, 3.8) is 0 Å². The van der Waals surface area contributed by atoms with Crippen LogP contribution in [0.15, 0.2) is 16.8 Å². The molecule has 0 aromatic carbocycles. The van der Waals surface area contributed by atoms with Crippen LogP contribution in [0.25, 0.3) is 0 Å². The lowest BCUT2D eigenvalue weighted by Crippen LogP contribution is -2.32. The third kappa shape index (κ3) is 1.34. The predicted molar refractivity (Wildman–Crippen MR) is 40.6 cm³/mol. The third-order valence-corrected chi connectivity index (χ3v) is 1.77. The Bertz CT molecular complexity index is 218. The van der Waals surface area contributed by atoms with Crippen LogP contribution in [0.4, 0.5) is 0 Å². The number of amides is 1. The van der Waals surface area contributed by atoms with Gasteiger partial charge in [0.05, 0.1) is 5.56 Å². The van der Waals surface area contributed by atoms with Crippen molar-refractivity contribution in [1.29, 1.82) is 0 Å². The van der Waals surface area contributed by atoms with Crippen molar-refractivity contribution in [3.8, 4) is 0 Å². The molecule has 10 heavy (non-hydrogen) atoms. The minimum Gasteiger partial charge on any atom is -0.280 e. The topological polar surface area (TPSA) is 46.3 Å². The van der Waals surface area contributed by atoms with E-state index in [0.29, 0.717) is 5.56 Å². The van der Waals surface area contributed by atoms with E-state index < -0.39 is 0 Å². The van der Waals surface area contributed by atoms with Crippen LogP contribution in [0.2, 0.25) is 0 Å². The van der Waals surface area contributed by atoms with Crippen LogP contribution in [0.5, 0.6) is 0 Å². The summed E-state index contributed by atoms with van der Waals surface area (Å²) >= 11 is 1.48. The standard InChI is InChI=1S/C6H8N2OS/c1-8(7)6(9)5-2-3-10-4-5/h2-4H,7H2,1H3. The number of hydrogen-bond donors (Lipinski definition) is 1. The van der Waals surface area contributed by atoms with Gasteiger partial charge in [-0.25, -0.2) is 5.84 Å². The van der Waals surface area contributed by atoms with Gasteiger partial charge in [0.15, 0.2) is 0 Å². The highest BCUT2D eigenvalue weighted by molar-refractivity contribution is 7.08. The second-order valence-corrected chi connectivity index (χ2v) is 2.71. The van der Waals surface area contributed by atoms with Gasteiger partial charge in [-0.2, -0.15) is 11.3 Å². The van der Waals surface area contributed by atoms with Gasteiger partial charge < -0.3 is 0 Å². The maximum Gasteiger partial charge on any atom is 0.268 e. The Morgan fingerprint density at radius 1 is 1.80 bits per heavy atom. The lowest BCUT2D eigenvalue weighted by molar-refractivity contribution is 0.0795. The molecule has 1 amide bonds. The molecular formula is C6H8N2OS. The number of hydrazine groups is 1. The summed E-state index contributed by atoms with van der Waals surface area (Å²) in [6.45, 7) is 0. The molecule has 1 rings (SSSR count). The first-order valence-electron chi connectivity index (χ1n) is 2.77. The molecule has 0 atom stereocenters. The maximum absolute atomic E-state index is 11.0. The highest BCUT2D eigenvalue weighted by Gasteiger charge is 2.06. The first-order chi connectivity index (χ1) is 4.72. The van der Waals surface area contributed by atoms with E-state index in [0.717, 1.165) is 5.01 Å². The van der Waals surface area contributed by atoms with E-state index in [2.05, 4.69) is 0 Å². The van der Waals surface area contributed by atoms with Crippen LogP contribution >= 0.6 is 11.3 Å². The van der Waals surface area contributed by atoms with Crippen molar-refractivity contribution in [2.75, 3.05) is 7.05 Å². The molecule has 0 unspecified atom stereocenters. The molecule has 1 heterocycles. The fourth-order valence-electron chi connectivity index (χ4n) is 0.590. The number of thiophene rings is 1. The number of nitrogens with zero attached hydrogens (tertiary/aromatic N) is 1. The SMILES string of the molecule is CN(N)C(=O)c1ccsc1. The molecule has 2 N–H and O–H groups in total. The van der Waals surface area contributed by atoms with Crippen molar-refractivity contribution in [3.05, 3.63) is 22.4 Å². The molecule has 0 fully saturated rings. The summed E-state index contributed by atoms with van der Waals surface area (Å²) in [6, 6.07) is 1.75. The highest BCUT2D eigenvalue weighted by Crippen LogP contribution is 2.06. The van der Waals surface area contributed by atoms with Crippen molar-refractivity contribution in [2.45, 2.75) is 0 Å². The number of carbonyl (C=O) groups excluding carboxylic acids is 1. The molecule has 1 aromatic heterocycles. The van der Waals surface area contributed by atoms with E-state index in [9.17, 15) is 4.79 Å². The zero-order chi connectivity index (χ0) is 7.56. The zero-order valence-electron chi connectivity index (χ0n) is 5.57. The van der Waals surface area contributed by atoms with Crippen LogP contribution in [-0.2, 0) is 0 Å². The second-order valence-electron chi connectivity index (χ2n) is 1.93. The maximum atomic E-state index is 11.0. The van der Waals surface area contributed by atoms with Crippen molar-refractivity contribution < 1.29 is 4.79 Å². The van der Waals surface area contributed by atoms with Crippen LogP contribution in [0, 0.1) is 0 Å². The first-order valence-corrected chi connectivity index (χ1v) is 3.71. The van der Waals surface area contributed by atoms with Gasteiger partial charge in [-0.05, 0) is 11.4 Å². The number of rotatable bonds is 1. The summed E-state index contributed by atoms with van der Waals surface area (Å²) in [5.74, 6) is 5.06. The average Bonchev–Trinajstić information content (AvgIpc) is 2.36. The summed E-state index contributed by atoms with van der Waals surface area (Å²) < 4.78 is 0. The summed E-state index contributed by atoms with van der Waals surface area (Å²) in [5, 5.41) is 4.68. The monoisotopic (exact) mass is 156 g/mol. The largest absolute Gasteiger partial charge is 0.280 e. The number of carbonyl (C=O) groups is 1. The molecule has 0 aliphatic heterocycles. The van der Waals surface area contributed by atoms with Crippen molar-refractivity contribution in [1.82, 2.24) is 5.01 Å². The van der Waals surface area contributed by atoms with Gasteiger partial charge in [0.1, 0.15) is 0 Å². The molecule has 0 bridgehead atoms. The minimum atomic E-state index is -0.152. The van der Waals surface area contributed by atoms with Gasteiger partial charge in [0.25, 0.3) is 5.91 Å². The predicted octanol–water partition coefficient (Wildman–Crippen LogP) is 0.694. The Balaban J connectivity index is 2.78. The Morgan fingerprint density at radius 3 is 2.90 bits per heavy atom. The van der Waals surface area contributed by atoms with Crippen LogP contribution in [0.3, 0.4) is 0 Å². The van der Waals surface area contributed by atoms with Gasteiger partial charge in [0, 0.05) is 12.4 Å². The van der Waals surface area contributed by atoms with E-state index in [-0.39, 0.29) is 5.91 Å². The summed E-state index contributed by atoms with van der Waals surface area (Å²) in [5.41, 5.74) is 0.648. The molecule has 0 saturated heterocycles. The highest BCUT2D eigenvalue weighted by atomic mass is 32.1. The van der Waals surface area contributed by atoms with Crippen LogP contribution < -0.4 is 5.84 Å². The van der Waals surface area contributed by atoms with E-state index in [1.54, 1.807) is 11.4 Å². The lowest BCUT2D eigenvalue weighted by Gasteiger charge is -2.06. The molecule has 0 saturated carbocycles. The summed E-state index contributed by atoms with van der Waals surface area (Å²) in [7, 11) is 1.53. The van der Waals surface area contributed by atoms with Gasteiger partial charge in [0.2, 0.25) is 0 Å². The molecule has 0 aliphatic carbocycles. The molecule has 0 spiro atoms.